The first-order chi connectivity index (χ1) is 13.2. The van der Waals surface area contributed by atoms with Crippen LogP contribution in [0.4, 0.5) is 4.79 Å². The molecular formula is C19H22N4O4S. The number of nitrogens with one attached hydrogen (secondary N) is 1. The number of carbonyl (C=O) groups is 2. The molecule has 0 saturated carbocycles. The number of nitrogens with zero attached hydrogens (tertiary/aromatic N) is 3. The van der Waals surface area contributed by atoms with Crippen molar-refractivity contribution in [3.63, 3.8) is 0 Å². The average molecular weight is 402 g/mol. The Kier molecular flexibility index (Phi) is 5.48. The largest absolute Gasteiger partial charge is 0.415 e. The molecule has 0 radical (unpaired) electrons. The lowest BCUT2D eigenvalue weighted by molar-refractivity contribution is 0.0860. The zero-order valence-electron chi connectivity index (χ0n) is 16.1. The Balaban J connectivity index is 1.88. The smallest absolute Gasteiger partial charge is 0.399 e. The number of thiophene rings is 1. The van der Waals surface area contributed by atoms with Gasteiger partial charge in [-0.2, -0.15) is 0 Å². The number of amides is 1. The fourth-order valence-electron chi connectivity index (χ4n) is 2.51. The van der Waals surface area contributed by atoms with Crippen LogP contribution in [-0.4, -0.2) is 57.0 Å². The monoisotopic (exact) mass is 402 g/mol. The molecule has 1 amide bonds. The molecule has 0 fully saturated rings. The number of likely N-dealkylation sites (N-methyl/N-ethyl adjacent to an activating group) is 1. The third-order valence-electron chi connectivity index (χ3n) is 4.08. The molecule has 28 heavy (non-hydrogen) atoms. The van der Waals surface area contributed by atoms with Gasteiger partial charge in [0.05, 0.1) is 28.9 Å². The second-order valence-electron chi connectivity index (χ2n) is 7.37. The maximum atomic E-state index is 12.7. The van der Waals surface area contributed by atoms with E-state index in [-0.39, 0.29) is 18.9 Å². The highest BCUT2D eigenvalue weighted by Gasteiger charge is 2.26. The summed E-state index contributed by atoms with van der Waals surface area (Å²) in [5.74, 6) is -0.0158. The number of H-pyrrole nitrogens is 1. The molecular weight excluding hydrogens is 380 g/mol. The number of Topliss-reactive ketones (excluding diaryl/α,β-unsaturated/α-hetero) is 1. The summed E-state index contributed by atoms with van der Waals surface area (Å²) in [6.07, 6.45) is 2.70. The molecule has 2 N–H and O–H groups in total. The minimum absolute atomic E-state index is 0.0158. The van der Waals surface area contributed by atoms with E-state index in [0.717, 1.165) is 4.88 Å². The SMILES string of the molecule is CN(CCO)C(=O)Oc1ccc(-c2cnc3[nH]cc(C(=O)C(C)(C)C)c3n2)s1. The summed E-state index contributed by atoms with van der Waals surface area (Å²) >= 11 is 1.25. The van der Waals surface area contributed by atoms with Crippen molar-refractivity contribution >= 4 is 34.4 Å². The van der Waals surface area contributed by atoms with Gasteiger partial charge in [0, 0.05) is 25.2 Å². The molecule has 148 valence electrons. The third-order valence-corrected chi connectivity index (χ3v) is 5.06. The zero-order chi connectivity index (χ0) is 20.5. The van der Waals surface area contributed by atoms with Crippen LogP contribution in [0.1, 0.15) is 31.1 Å². The van der Waals surface area contributed by atoms with Crippen molar-refractivity contribution in [3.05, 3.63) is 30.1 Å². The van der Waals surface area contributed by atoms with Gasteiger partial charge in [0.15, 0.2) is 16.5 Å². The standard InChI is InChI=1S/C19H22N4O4S/c1-19(2,3)16(25)11-9-20-17-15(11)22-12(10-21-17)13-5-6-14(28-13)27-18(26)23(4)7-8-24/h5-6,9-10,24H,7-8H2,1-4H3,(H,20,21). The number of ketones is 1. The molecule has 9 heteroatoms. The Morgan fingerprint density at radius 2 is 2.07 bits per heavy atom. The number of rotatable bonds is 5. The quantitative estimate of drug-likeness (QED) is 0.634. The van der Waals surface area contributed by atoms with Gasteiger partial charge in [-0.1, -0.05) is 32.1 Å². The lowest BCUT2D eigenvalue weighted by Crippen LogP contribution is -2.31. The van der Waals surface area contributed by atoms with Gasteiger partial charge in [-0.3, -0.25) is 4.79 Å². The molecule has 0 saturated heterocycles. The highest BCUT2D eigenvalue weighted by Crippen LogP contribution is 2.33. The molecule has 3 heterocycles. The molecule has 0 aromatic carbocycles. The molecule has 0 aliphatic carbocycles. The van der Waals surface area contributed by atoms with E-state index in [9.17, 15) is 9.59 Å². The topological polar surface area (TPSA) is 108 Å². The lowest BCUT2D eigenvalue weighted by Gasteiger charge is -2.15. The van der Waals surface area contributed by atoms with Crippen LogP contribution in [-0.2, 0) is 0 Å². The second kappa shape index (κ2) is 7.69. The molecule has 0 spiro atoms. The number of ether oxygens (including phenoxy) is 1. The molecule has 0 unspecified atom stereocenters. The normalized spacial score (nSPS) is 11.6. The minimum Gasteiger partial charge on any atom is -0.399 e. The zero-order valence-corrected chi connectivity index (χ0v) is 17.0. The van der Waals surface area contributed by atoms with E-state index < -0.39 is 11.5 Å². The molecule has 3 aromatic heterocycles. The molecule has 0 bridgehead atoms. The number of aromatic nitrogens is 3. The highest BCUT2D eigenvalue weighted by molar-refractivity contribution is 7.17. The van der Waals surface area contributed by atoms with Crippen LogP contribution >= 0.6 is 11.3 Å². The van der Waals surface area contributed by atoms with Gasteiger partial charge in [0.25, 0.3) is 0 Å². The van der Waals surface area contributed by atoms with Crippen molar-refractivity contribution in [1.29, 1.82) is 0 Å². The van der Waals surface area contributed by atoms with Crippen molar-refractivity contribution < 1.29 is 19.4 Å². The fourth-order valence-corrected chi connectivity index (χ4v) is 3.31. The van der Waals surface area contributed by atoms with E-state index >= 15 is 0 Å². The maximum absolute atomic E-state index is 12.7. The number of hydrogen-bond acceptors (Lipinski definition) is 7. The summed E-state index contributed by atoms with van der Waals surface area (Å²) < 4.78 is 5.30. The van der Waals surface area contributed by atoms with Gasteiger partial charge >= 0.3 is 6.09 Å². The van der Waals surface area contributed by atoms with E-state index in [1.807, 2.05) is 20.8 Å². The number of aliphatic hydroxyl groups is 1. The van der Waals surface area contributed by atoms with Crippen LogP contribution in [0.25, 0.3) is 21.7 Å². The van der Waals surface area contributed by atoms with Crippen LogP contribution in [0.15, 0.2) is 24.5 Å². The summed E-state index contributed by atoms with van der Waals surface area (Å²) in [5, 5.41) is 9.31. The lowest BCUT2D eigenvalue weighted by atomic mass is 9.87. The van der Waals surface area contributed by atoms with E-state index in [0.29, 0.717) is 27.5 Å². The summed E-state index contributed by atoms with van der Waals surface area (Å²) in [5.41, 5.74) is 1.63. The Labute approximate surface area is 166 Å². The van der Waals surface area contributed by atoms with Gasteiger partial charge in [0.2, 0.25) is 0 Å². The maximum Gasteiger partial charge on any atom is 0.415 e. The van der Waals surface area contributed by atoms with E-state index in [2.05, 4.69) is 15.0 Å². The first-order valence-electron chi connectivity index (χ1n) is 8.73. The van der Waals surface area contributed by atoms with Gasteiger partial charge < -0.3 is 19.7 Å². The van der Waals surface area contributed by atoms with Crippen molar-refractivity contribution in [1.82, 2.24) is 19.9 Å². The number of hydrogen-bond donors (Lipinski definition) is 2. The molecule has 3 rings (SSSR count). The Morgan fingerprint density at radius 1 is 1.32 bits per heavy atom. The molecule has 0 aliphatic rings. The first kappa shape index (κ1) is 20.0. The third kappa shape index (κ3) is 4.05. The average Bonchev–Trinajstić information content (AvgIpc) is 3.26. The molecule has 0 aliphatic heterocycles. The molecule has 0 atom stereocenters. The van der Waals surface area contributed by atoms with Crippen LogP contribution in [0, 0.1) is 5.41 Å². The predicted octanol–water partition coefficient (Wildman–Crippen LogP) is 3.34. The van der Waals surface area contributed by atoms with Gasteiger partial charge in [-0.25, -0.2) is 14.8 Å². The Hall–Kier alpha value is -2.78. The van der Waals surface area contributed by atoms with Crippen LogP contribution in [0.5, 0.6) is 5.06 Å². The summed E-state index contributed by atoms with van der Waals surface area (Å²) in [6.45, 7) is 5.64. The highest BCUT2D eigenvalue weighted by atomic mass is 32.1. The Morgan fingerprint density at radius 3 is 2.75 bits per heavy atom. The number of aliphatic hydroxyl groups excluding tert-OH is 1. The predicted molar refractivity (Wildman–Crippen MR) is 107 cm³/mol. The van der Waals surface area contributed by atoms with Crippen molar-refractivity contribution in [2.24, 2.45) is 5.41 Å². The molecule has 3 aromatic rings. The van der Waals surface area contributed by atoms with Gasteiger partial charge in [-0.05, 0) is 12.1 Å². The summed E-state index contributed by atoms with van der Waals surface area (Å²) in [4.78, 5) is 38.6. The Bertz CT molecular complexity index is 1020. The van der Waals surface area contributed by atoms with E-state index in [1.54, 1.807) is 31.6 Å². The van der Waals surface area contributed by atoms with Crippen molar-refractivity contribution in [2.75, 3.05) is 20.2 Å². The van der Waals surface area contributed by atoms with Crippen LogP contribution in [0.2, 0.25) is 0 Å². The van der Waals surface area contributed by atoms with Gasteiger partial charge in [-0.15, -0.1) is 0 Å². The fraction of sp³-hybridized carbons (Fsp3) is 0.368. The molecule has 8 nitrogen and oxygen atoms in total. The van der Waals surface area contributed by atoms with Crippen molar-refractivity contribution in [2.45, 2.75) is 20.8 Å². The minimum atomic E-state index is -0.548. The van der Waals surface area contributed by atoms with Crippen LogP contribution in [0.3, 0.4) is 0 Å². The van der Waals surface area contributed by atoms with E-state index in [4.69, 9.17) is 9.84 Å². The summed E-state index contributed by atoms with van der Waals surface area (Å²) in [7, 11) is 1.55. The second-order valence-corrected chi connectivity index (χ2v) is 8.41. The number of aromatic amines is 1. The van der Waals surface area contributed by atoms with Crippen molar-refractivity contribution in [3.8, 4) is 15.6 Å². The summed E-state index contributed by atoms with van der Waals surface area (Å²) in [6, 6.07) is 3.46. The first-order valence-corrected chi connectivity index (χ1v) is 9.55. The van der Waals surface area contributed by atoms with Crippen LogP contribution < -0.4 is 4.74 Å². The number of carbonyl (C=O) groups excluding carboxylic acids is 2. The number of fused-ring (bicyclic) bond motifs is 1. The van der Waals surface area contributed by atoms with E-state index in [1.165, 1.54) is 16.2 Å². The van der Waals surface area contributed by atoms with Gasteiger partial charge in [0.1, 0.15) is 5.52 Å².